The molecule has 0 saturated heterocycles. The molecule has 0 heterocycles. The Morgan fingerprint density at radius 2 is 1.89 bits per heavy atom. The molecule has 0 aliphatic heterocycles. The fourth-order valence-corrected chi connectivity index (χ4v) is 1.97. The van der Waals surface area contributed by atoms with Gasteiger partial charge in [-0.15, -0.1) is 0 Å². The van der Waals surface area contributed by atoms with Crippen LogP contribution in [0.4, 0.5) is 13.2 Å². The highest BCUT2D eigenvalue weighted by Crippen LogP contribution is 2.39. The second kappa shape index (κ2) is 6.09. The molecule has 1 aromatic rings. The average molecular weight is 261 g/mol. The third-order valence-corrected chi connectivity index (χ3v) is 2.78. The number of nitrogens with two attached hydrogens (primary N) is 1. The predicted molar refractivity (Wildman–Crippen MR) is 64.7 cm³/mol. The zero-order valence-electron chi connectivity index (χ0n) is 10.6. The Bertz CT molecular complexity index is 402. The molecule has 0 amide bonds. The van der Waals surface area contributed by atoms with Crippen molar-refractivity contribution in [1.82, 2.24) is 0 Å². The van der Waals surface area contributed by atoms with E-state index >= 15 is 0 Å². The predicted octanol–water partition coefficient (Wildman–Crippen LogP) is 3.30. The van der Waals surface area contributed by atoms with Crippen LogP contribution in [0.2, 0.25) is 0 Å². The van der Waals surface area contributed by atoms with Gasteiger partial charge in [0.1, 0.15) is 11.3 Å². The number of unbranched alkanes of at least 4 members (excludes halogenated alkanes) is 1. The third-order valence-electron chi connectivity index (χ3n) is 2.78. The van der Waals surface area contributed by atoms with Crippen LogP contribution in [0.3, 0.4) is 0 Å². The van der Waals surface area contributed by atoms with Gasteiger partial charge in [0.25, 0.3) is 0 Å². The highest BCUT2D eigenvalue weighted by molar-refractivity contribution is 5.45. The first-order valence-corrected chi connectivity index (χ1v) is 5.85. The van der Waals surface area contributed by atoms with Gasteiger partial charge < -0.3 is 10.5 Å². The van der Waals surface area contributed by atoms with Crippen molar-refractivity contribution in [3.05, 3.63) is 28.8 Å². The maximum Gasteiger partial charge on any atom is 0.420 e. The summed E-state index contributed by atoms with van der Waals surface area (Å²) in [6.45, 7) is 2.05. The Labute approximate surface area is 105 Å². The number of hydrogen-bond acceptors (Lipinski definition) is 2. The molecule has 18 heavy (non-hydrogen) atoms. The van der Waals surface area contributed by atoms with Crippen molar-refractivity contribution in [2.24, 2.45) is 5.73 Å². The van der Waals surface area contributed by atoms with Crippen molar-refractivity contribution in [2.45, 2.75) is 32.4 Å². The standard InChI is InChI=1S/C13H18F3NO/c1-9-7-10(5-3-4-6-17)8-11(18-2)12(9)13(14,15)16/h7-8H,3-6,17H2,1-2H3. The van der Waals surface area contributed by atoms with Crippen molar-refractivity contribution in [3.63, 3.8) is 0 Å². The molecule has 0 spiro atoms. The van der Waals surface area contributed by atoms with Gasteiger partial charge in [-0.25, -0.2) is 0 Å². The lowest BCUT2D eigenvalue weighted by Crippen LogP contribution is -2.10. The molecule has 0 fully saturated rings. The third kappa shape index (κ3) is 3.63. The van der Waals surface area contributed by atoms with Gasteiger partial charge in [0.05, 0.1) is 7.11 Å². The Kier molecular flexibility index (Phi) is 5.02. The van der Waals surface area contributed by atoms with Gasteiger partial charge in [-0.3, -0.25) is 0 Å². The van der Waals surface area contributed by atoms with Crippen LogP contribution in [0.15, 0.2) is 12.1 Å². The van der Waals surface area contributed by atoms with Crippen LogP contribution in [0.25, 0.3) is 0 Å². The van der Waals surface area contributed by atoms with Gasteiger partial charge in [-0.2, -0.15) is 13.2 Å². The smallest absolute Gasteiger partial charge is 0.420 e. The monoisotopic (exact) mass is 261 g/mol. The van der Waals surface area contributed by atoms with E-state index in [0.717, 1.165) is 18.4 Å². The number of alkyl halides is 3. The molecule has 1 aromatic carbocycles. The minimum absolute atomic E-state index is 0.106. The molecule has 0 unspecified atom stereocenters. The maximum absolute atomic E-state index is 12.8. The summed E-state index contributed by atoms with van der Waals surface area (Å²) in [6, 6.07) is 3.04. The highest BCUT2D eigenvalue weighted by atomic mass is 19.4. The van der Waals surface area contributed by atoms with E-state index in [1.165, 1.54) is 20.1 Å². The number of benzene rings is 1. The number of halogens is 3. The first-order valence-electron chi connectivity index (χ1n) is 5.85. The van der Waals surface area contributed by atoms with Crippen LogP contribution in [0, 0.1) is 6.92 Å². The first kappa shape index (κ1) is 14.8. The summed E-state index contributed by atoms with van der Waals surface area (Å²) in [4.78, 5) is 0. The van der Waals surface area contributed by atoms with Crippen molar-refractivity contribution in [1.29, 1.82) is 0 Å². The van der Waals surface area contributed by atoms with Crippen LogP contribution in [-0.2, 0) is 12.6 Å². The van der Waals surface area contributed by atoms with Crippen LogP contribution in [0.1, 0.15) is 29.5 Å². The van der Waals surface area contributed by atoms with Gasteiger partial charge in [-0.1, -0.05) is 6.07 Å². The summed E-state index contributed by atoms with van der Waals surface area (Å²) in [5, 5.41) is 0. The lowest BCUT2D eigenvalue weighted by Gasteiger charge is -2.16. The zero-order chi connectivity index (χ0) is 13.8. The fraction of sp³-hybridized carbons (Fsp3) is 0.538. The molecular weight excluding hydrogens is 243 g/mol. The number of rotatable bonds is 5. The summed E-state index contributed by atoms with van der Waals surface area (Å²) in [6.07, 6.45) is -1.94. The van der Waals surface area contributed by atoms with E-state index in [4.69, 9.17) is 10.5 Å². The molecule has 0 bridgehead atoms. The summed E-state index contributed by atoms with van der Waals surface area (Å²) in [7, 11) is 1.26. The molecule has 0 aliphatic carbocycles. The number of hydrogen-bond donors (Lipinski definition) is 1. The first-order chi connectivity index (χ1) is 8.40. The normalized spacial score (nSPS) is 11.7. The van der Waals surface area contributed by atoms with Crippen LogP contribution in [0.5, 0.6) is 5.75 Å². The fourth-order valence-electron chi connectivity index (χ4n) is 1.97. The maximum atomic E-state index is 12.8. The second-order valence-corrected chi connectivity index (χ2v) is 4.23. The van der Waals surface area contributed by atoms with Gasteiger partial charge in [-0.05, 0) is 49.9 Å². The van der Waals surface area contributed by atoms with E-state index in [1.54, 1.807) is 6.07 Å². The average Bonchev–Trinajstić information content (AvgIpc) is 2.26. The molecule has 102 valence electrons. The van der Waals surface area contributed by atoms with E-state index < -0.39 is 11.7 Å². The van der Waals surface area contributed by atoms with Crippen LogP contribution < -0.4 is 10.5 Å². The van der Waals surface area contributed by atoms with Gasteiger partial charge >= 0.3 is 6.18 Å². The Balaban J connectivity index is 3.03. The summed E-state index contributed by atoms with van der Waals surface area (Å²) in [5.41, 5.74) is 5.75. The molecule has 2 nitrogen and oxygen atoms in total. The lowest BCUT2D eigenvalue weighted by molar-refractivity contribution is -0.139. The molecule has 5 heteroatoms. The van der Waals surface area contributed by atoms with Gasteiger partial charge in [0.15, 0.2) is 0 Å². The molecule has 0 aromatic heterocycles. The molecule has 0 saturated carbocycles. The van der Waals surface area contributed by atoms with Crippen molar-refractivity contribution in [3.8, 4) is 5.75 Å². The SMILES string of the molecule is COc1cc(CCCCN)cc(C)c1C(F)(F)F. The van der Waals surface area contributed by atoms with Gasteiger partial charge in [0.2, 0.25) is 0 Å². The Morgan fingerprint density at radius 3 is 2.39 bits per heavy atom. The van der Waals surface area contributed by atoms with Crippen molar-refractivity contribution in [2.75, 3.05) is 13.7 Å². The summed E-state index contributed by atoms with van der Waals surface area (Å²) in [5.74, 6) is -0.106. The Morgan fingerprint density at radius 1 is 1.22 bits per heavy atom. The lowest BCUT2D eigenvalue weighted by atomic mass is 10.00. The van der Waals surface area contributed by atoms with Crippen LogP contribution in [-0.4, -0.2) is 13.7 Å². The van der Waals surface area contributed by atoms with Crippen molar-refractivity contribution >= 4 is 0 Å². The second-order valence-electron chi connectivity index (χ2n) is 4.23. The topological polar surface area (TPSA) is 35.2 Å². The number of methoxy groups -OCH3 is 1. The van der Waals surface area contributed by atoms with E-state index in [-0.39, 0.29) is 11.3 Å². The number of ether oxygens (including phenoxy) is 1. The zero-order valence-corrected chi connectivity index (χ0v) is 10.6. The molecular formula is C13H18F3NO. The van der Waals surface area contributed by atoms with E-state index in [0.29, 0.717) is 13.0 Å². The van der Waals surface area contributed by atoms with Crippen molar-refractivity contribution < 1.29 is 17.9 Å². The van der Waals surface area contributed by atoms with Gasteiger partial charge in [0, 0.05) is 0 Å². The molecule has 0 aliphatic rings. The highest BCUT2D eigenvalue weighted by Gasteiger charge is 2.36. The largest absolute Gasteiger partial charge is 0.496 e. The summed E-state index contributed by atoms with van der Waals surface area (Å²) < 4.78 is 43.4. The van der Waals surface area contributed by atoms with E-state index in [2.05, 4.69) is 0 Å². The molecule has 1 rings (SSSR count). The summed E-state index contributed by atoms with van der Waals surface area (Å²) >= 11 is 0. The Hall–Kier alpha value is -1.23. The number of aryl methyl sites for hydroxylation is 2. The van der Waals surface area contributed by atoms with E-state index in [1.807, 2.05) is 0 Å². The minimum Gasteiger partial charge on any atom is -0.496 e. The van der Waals surface area contributed by atoms with E-state index in [9.17, 15) is 13.2 Å². The molecule has 0 atom stereocenters. The molecule has 0 radical (unpaired) electrons. The minimum atomic E-state index is -4.38. The molecule has 2 N–H and O–H groups in total. The van der Waals surface area contributed by atoms with Crippen LogP contribution >= 0.6 is 0 Å². The quantitative estimate of drug-likeness (QED) is 0.825.